The molecule has 0 aliphatic rings. The fraction of sp³-hybridized carbons (Fsp3) is 0.125. The standard InChI is InChI=1S/C16H12O6/c1-8-3-2-4-10-15(20)14-11(17)5-9(21-7-13(18)19)6-12(14)22-16(8)10/h2-6,17H,7H2,1H3,(H,18,19). The Morgan fingerprint density at radius 2 is 2.09 bits per heavy atom. The summed E-state index contributed by atoms with van der Waals surface area (Å²) in [7, 11) is 0. The molecule has 112 valence electrons. The molecule has 0 saturated carbocycles. The number of aryl methyl sites for hydroxylation is 1. The quantitative estimate of drug-likeness (QED) is 0.721. The van der Waals surface area contributed by atoms with Gasteiger partial charge < -0.3 is 19.4 Å². The lowest BCUT2D eigenvalue weighted by Crippen LogP contribution is -2.09. The highest BCUT2D eigenvalue weighted by Gasteiger charge is 2.14. The normalized spacial score (nSPS) is 11.0. The highest BCUT2D eigenvalue weighted by atomic mass is 16.5. The third kappa shape index (κ3) is 2.24. The molecule has 1 heterocycles. The largest absolute Gasteiger partial charge is 0.507 e. The molecule has 0 radical (unpaired) electrons. The second kappa shape index (κ2) is 5.07. The summed E-state index contributed by atoms with van der Waals surface area (Å²) >= 11 is 0. The van der Waals surface area contributed by atoms with Crippen LogP contribution in [0.25, 0.3) is 21.9 Å². The van der Waals surface area contributed by atoms with Crippen molar-refractivity contribution in [3.8, 4) is 11.5 Å². The van der Waals surface area contributed by atoms with E-state index in [9.17, 15) is 14.7 Å². The van der Waals surface area contributed by atoms with Gasteiger partial charge in [-0.1, -0.05) is 12.1 Å². The first-order valence-corrected chi connectivity index (χ1v) is 6.51. The summed E-state index contributed by atoms with van der Waals surface area (Å²) < 4.78 is 10.7. The van der Waals surface area contributed by atoms with Crippen LogP contribution in [0.15, 0.2) is 39.5 Å². The van der Waals surface area contributed by atoms with Gasteiger partial charge in [0, 0.05) is 12.1 Å². The van der Waals surface area contributed by atoms with Gasteiger partial charge in [-0.05, 0) is 18.6 Å². The van der Waals surface area contributed by atoms with Crippen LogP contribution >= 0.6 is 0 Å². The van der Waals surface area contributed by atoms with E-state index in [0.29, 0.717) is 11.0 Å². The molecule has 22 heavy (non-hydrogen) atoms. The van der Waals surface area contributed by atoms with Crippen LogP contribution in [0.5, 0.6) is 11.5 Å². The third-order valence-electron chi connectivity index (χ3n) is 3.31. The van der Waals surface area contributed by atoms with Crippen LogP contribution in [0.2, 0.25) is 0 Å². The van der Waals surface area contributed by atoms with Gasteiger partial charge in [-0.3, -0.25) is 4.79 Å². The molecule has 0 aliphatic carbocycles. The van der Waals surface area contributed by atoms with Crippen LogP contribution < -0.4 is 10.2 Å². The average molecular weight is 300 g/mol. The van der Waals surface area contributed by atoms with E-state index in [0.717, 1.165) is 5.56 Å². The fourth-order valence-corrected chi connectivity index (χ4v) is 2.32. The summed E-state index contributed by atoms with van der Waals surface area (Å²) in [4.78, 5) is 23.0. The maximum atomic E-state index is 12.5. The summed E-state index contributed by atoms with van der Waals surface area (Å²) in [5, 5.41) is 19.1. The van der Waals surface area contributed by atoms with Crippen molar-refractivity contribution in [2.45, 2.75) is 6.92 Å². The first-order chi connectivity index (χ1) is 10.5. The zero-order chi connectivity index (χ0) is 15.9. The maximum Gasteiger partial charge on any atom is 0.341 e. The van der Waals surface area contributed by atoms with Gasteiger partial charge in [-0.2, -0.15) is 0 Å². The minimum atomic E-state index is -1.14. The SMILES string of the molecule is Cc1cccc2c(=O)c3c(O)cc(OCC(=O)O)cc3oc12. The molecule has 0 fully saturated rings. The minimum absolute atomic E-state index is 0.0424. The summed E-state index contributed by atoms with van der Waals surface area (Å²) in [6.07, 6.45) is 0. The summed E-state index contributed by atoms with van der Waals surface area (Å²) in [5.41, 5.74) is 1.01. The Morgan fingerprint density at radius 3 is 2.82 bits per heavy atom. The van der Waals surface area contributed by atoms with Gasteiger partial charge in [0.05, 0.1) is 5.39 Å². The van der Waals surface area contributed by atoms with Crippen molar-refractivity contribution in [3.05, 3.63) is 46.1 Å². The monoisotopic (exact) mass is 300 g/mol. The summed E-state index contributed by atoms with van der Waals surface area (Å²) in [5.74, 6) is -1.34. The van der Waals surface area contributed by atoms with E-state index in [-0.39, 0.29) is 27.9 Å². The number of benzene rings is 2. The van der Waals surface area contributed by atoms with E-state index in [2.05, 4.69) is 0 Å². The Kier molecular flexibility index (Phi) is 3.21. The van der Waals surface area contributed by atoms with Gasteiger partial charge in [0.25, 0.3) is 0 Å². The van der Waals surface area contributed by atoms with E-state index in [1.54, 1.807) is 12.1 Å². The van der Waals surface area contributed by atoms with Gasteiger partial charge in [0.15, 0.2) is 6.61 Å². The number of ether oxygens (including phenoxy) is 1. The van der Waals surface area contributed by atoms with E-state index < -0.39 is 12.6 Å². The van der Waals surface area contributed by atoms with E-state index >= 15 is 0 Å². The van der Waals surface area contributed by atoms with E-state index in [1.165, 1.54) is 12.1 Å². The van der Waals surface area contributed by atoms with Crippen LogP contribution in [0.4, 0.5) is 0 Å². The Labute approximate surface area is 124 Å². The molecule has 2 aromatic carbocycles. The van der Waals surface area contributed by atoms with Gasteiger partial charge in [0.1, 0.15) is 28.1 Å². The van der Waals surface area contributed by atoms with Crippen LogP contribution in [0.3, 0.4) is 0 Å². The number of aliphatic carboxylic acids is 1. The molecule has 0 unspecified atom stereocenters. The first kappa shape index (κ1) is 13.9. The van der Waals surface area contributed by atoms with Crippen LogP contribution in [-0.4, -0.2) is 22.8 Å². The molecule has 2 N–H and O–H groups in total. The Balaban J connectivity index is 2.29. The number of rotatable bonds is 3. The summed E-state index contributed by atoms with van der Waals surface area (Å²) in [6.45, 7) is 1.25. The average Bonchev–Trinajstić information content (AvgIpc) is 2.46. The third-order valence-corrected chi connectivity index (χ3v) is 3.31. The number of carboxylic acids is 1. The van der Waals surface area contributed by atoms with Crippen LogP contribution in [0.1, 0.15) is 5.56 Å². The smallest absolute Gasteiger partial charge is 0.341 e. The Bertz CT molecular complexity index is 954. The van der Waals surface area contributed by atoms with Crippen molar-refractivity contribution in [1.82, 2.24) is 0 Å². The molecule has 0 saturated heterocycles. The minimum Gasteiger partial charge on any atom is -0.507 e. The first-order valence-electron chi connectivity index (χ1n) is 6.51. The molecular formula is C16H12O6. The molecule has 3 rings (SSSR count). The van der Waals surface area contributed by atoms with Crippen LogP contribution in [0, 0.1) is 6.92 Å². The molecule has 6 heteroatoms. The number of phenolic OH excluding ortho intramolecular Hbond substituents is 1. The van der Waals surface area contributed by atoms with Crippen molar-refractivity contribution in [3.63, 3.8) is 0 Å². The number of aromatic hydroxyl groups is 1. The zero-order valence-corrected chi connectivity index (χ0v) is 11.6. The molecule has 0 bridgehead atoms. The van der Waals surface area contributed by atoms with Gasteiger partial charge >= 0.3 is 5.97 Å². The molecule has 3 aromatic rings. The van der Waals surface area contributed by atoms with Crippen molar-refractivity contribution < 1.29 is 24.2 Å². The lowest BCUT2D eigenvalue weighted by Gasteiger charge is -2.08. The number of carboxylic acid groups (broad SMARTS) is 1. The number of phenols is 1. The lowest BCUT2D eigenvalue weighted by atomic mass is 10.1. The van der Waals surface area contributed by atoms with Gasteiger partial charge in [-0.15, -0.1) is 0 Å². The molecule has 0 aliphatic heterocycles. The fourth-order valence-electron chi connectivity index (χ4n) is 2.32. The second-order valence-corrected chi connectivity index (χ2v) is 4.88. The van der Waals surface area contributed by atoms with Crippen molar-refractivity contribution in [2.75, 3.05) is 6.61 Å². The Hall–Kier alpha value is -3.02. The Morgan fingerprint density at radius 1 is 1.32 bits per heavy atom. The zero-order valence-electron chi connectivity index (χ0n) is 11.6. The lowest BCUT2D eigenvalue weighted by molar-refractivity contribution is -0.139. The second-order valence-electron chi connectivity index (χ2n) is 4.88. The molecule has 0 spiro atoms. The molecule has 6 nitrogen and oxygen atoms in total. The number of hydrogen-bond acceptors (Lipinski definition) is 5. The molecule has 0 atom stereocenters. The number of carbonyl (C=O) groups is 1. The number of hydrogen-bond donors (Lipinski definition) is 2. The van der Waals surface area contributed by atoms with Crippen molar-refractivity contribution in [1.29, 1.82) is 0 Å². The van der Waals surface area contributed by atoms with Gasteiger partial charge in [-0.25, -0.2) is 4.79 Å². The highest BCUT2D eigenvalue weighted by Crippen LogP contribution is 2.31. The van der Waals surface area contributed by atoms with Gasteiger partial charge in [0.2, 0.25) is 5.43 Å². The van der Waals surface area contributed by atoms with Crippen molar-refractivity contribution >= 4 is 27.9 Å². The topological polar surface area (TPSA) is 97.0 Å². The van der Waals surface area contributed by atoms with Crippen LogP contribution in [-0.2, 0) is 4.79 Å². The predicted molar refractivity (Wildman–Crippen MR) is 79.5 cm³/mol. The number of fused-ring (bicyclic) bond motifs is 2. The molecule has 0 amide bonds. The van der Waals surface area contributed by atoms with Crippen molar-refractivity contribution in [2.24, 2.45) is 0 Å². The van der Waals surface area contributed by atoms with E-state index in [1.807, 2.05) is 13.0 Å². The molecular weight excluding hydrogens is 288 g/mol. The number of para-hydroxylation sites is 1. The van der Waals surface area contributed by atoms with E-state index in [4.69, 9.17) is 14.3 Å². The maximum absolute atomic E-state index is 12.5. The summed E-state index contributed by atoms with van der Waals surface area (Å²) in [6, 6.07) is 7.76. The molecule has 1 aromatic heterocycles. The highest BCUT2D eigenvalue weighted by molar-refractivity contribution is 5.94. The predicted octanol–water partition coefficient (Wildman–Crippen LogP) is 2.42.